The second-order valence-electron chi connectivity index (χ2n) is 2.71. The van der Waals surface area contributed by atoms with Crippen LogP contribution in [0.4, 0.5) is 24.5 Å². The summed E-state index contributed by atoms with van der Waals surface area (Å²) in [5.41, 5.74) is -1.26. The number of nitrogens with zero attached hydrogens (tertiary/aromatic N) is 1. The molecule has 0 saturated heterocycles. The number of nitro groups is 1. The number of hydrogen-bond acceptors (Lipinski definition) is 3. The smallest absolute Gasteiger partial charge is 0.315 e. The molecule has 0 aliphatic rings. The summed E-state index contributed by atoms with van der Waals surface area (Å²) < 4.78 is 36.4. The third-order valence-electron chi connectivity index (χ3n) is 1.61. The lowest BCUT2D eigenvalue weighted by Crippen LogP contribution is -2.20. The number of benzene rings is 1. The van der Waals surface area contributed by atoms with Gasteiger partial charge in [-0.15, -0.1) is 0 Å². The van der Waals surface area contributed by atoms with E-state index in [1.165, 1.54) is 0 Å². The number of anilines is 1. The zero-order chi connectivity index (χ0) is 12.3. The number of carbonyl (C=O) groups excluding carboxylic acids is 1. The summed E-state index contributed by atoms with van der Waals surface area (Å²) in [6.45, 7) is 0. The molecule has 1 aromatic carbocycles. The molecular formula is C8H5F3N2O3. The minimum Gasteiger partial charge on any atom is -0.315 e. The average Bonchev–Trinajstić information content (AvgIpc) is 2.20. The minimum absolute atomic E-state index is 0.475. The highest BCUT2D eigenvalue weighted by molar-refractivity contribution is 5.95. The Morgan fingerprint density at radius 1 is 1.44 bits per heavy atom. The number of amides is 1. The number of carbonyl (C=O) groups is 1. The first kappa shape index (κ1) is 12.0. The molecular weight excluding hydrogens is 229 g/mol. The van der Waals surface area contributed by atoms with Crippen molar-refractivity contribution < 1.29 is 22.9 Å². The Bertz CT molecular complexity index is 437. The SMILES string of the molecule is O=C(Nc1ccc(F)cc1[N+](=O)[O-])C(F)F. The first-order valence-electron chi connectivity index (χ1n) is 3.95. The number of halogens is 3. The molecule has 0 bridgehead atoms. The van der Waals surface area contributed by atoms with Crippen LogP contribution in [0.1, 0.15) is 0 Å². The van der Waals surface area contributed by atoms with E-state index >= 15 is 0 Å². The summed E-state index contributed by atoms with van der Waals surface area (Å²) in [4.78, 5) is 20.0. The molecule has 1 N–H and O–H groups in total. The fourth-order valence-corrected chi connectivity index (χ4v) is 0.949. The van der Waals surface area contributed by atoms with Crippen molar-refractivity contribution in [2.45, 2.75) is 6.43 Å². The van der Waals surface area contributed by atoms with Crippen LogP contribution in [0, 0.1) is 15.9 Å². The van der Waals surface area contributed by atoms with Crippen LogP contribution in [-0.2, 0) is 4.79 Å². The third kappa shape index (κ3) is 2.69. The molecule has 5 nitrogen and oxygen atoms in total. The summed E-state index contributed by atoms with van der Waals surface area (Å²) in [6.07, 6.45) is -3.30. The highest BCUT2D eigenvalue weighted by atomic mass is 19.3. The fraction of sp³-hybridized carbons (Fsp3) is 0.125. The van der Waals surface area contributed by atoms with E-state index in [2.05, 4.69) is 0 Å². The second-order valence-corrected chi connectivity index (χ2v) is 2.71. The Morgan fingerprint density at radius 2 is 2.06 bits per heavy atom. The van der Waals surface area contributed by atoms with Crippen molar-refractivity contribution in [1.29, 1.82) is 0 Å². The molecule has 0 fully saturated rings. The van der Waals surface area contributed by atoms with Crippen molar-refractivity contribution in [2.75, 3.05) is 5.32 Å². The van der Waals surface area contributed by atoms with Crippen LogP contribution >= 0.6 is 0 Å². The van der Waals surface area contributed by atoms with E-state index < -0.39 is 34.4 Å². The minimum atomic E-state index is -3.30. The average molecular weight is 234 g/mol. The molecule has 0 heterocycles. The van der Waals surface area contributed by atoms with Crippen LogP contribution in [-0.4, -0.2) is 17.3 Å². The summed E-state index contributed by atoms with van der Waals surface area (Å²) in [5, 5.41) is 12.0. The highest BCUT2D eigenvalue weighted by Gasteiger charge is 2.21. The van der Waals surface area contributed by atoms with Gasteiger partial charge < -0.3 is 5.32 Å². The molecule has 1 aromatic rings. The maximum atomic E-state index is 12.6. The largest absolute Gasteiger partial charge is 0.315 e. The van der Waals surface area contributed by atoms with Gasteiger partial charge in [0.15, 0.2) is 0 Å². The van der Waals surface area contributed by atoms with E-state index in [4.69, 9.17) is 0 Å². The van der Waals surface area contributed by atoms with Crippen LogP contribution in [0.25, 0.3) is 0 Å². The molecule has 1 amide bonds. The molecule has 0 aromatic heterocycles. The van der Waals surface area contributed by atoms with Crippen LogP contribution in [0.5, 0.6) is 0 Å². The molecule has 86 valence electrons. The normalized spacial score (nSPS) is 10.2. The molecule has 0 aliphatic carbocycles. The Balaban J connectivity index is 3.04. The van der Waals surface area contributed by atoms with Crippen LogP contribution in [0.2, 0.25) is 0 Å². The van der Waals surface area contributed by atoms with Gasteiger partial charge in [-0.05, 0) is 12.1 Å². The highest BCUT2D eigenvalue weighted by Crippen LogP contribution is 2.25. The first-order chi connectivity index (χ1) is 7.41. The van der Waals surface area contributed by atoms with Gasteiger partial charge in [0.25, 0.3) is 11.6 Å². The summed E-state index contributed by atoms with van der Waals surface area (Å²) in [7, 11) is 0. The maximum absolute atomic E-state index is 12.6. The van der Waals surface area contributed by atoms with Gasteiger partial charge in [0.1, 0.15) is 11.5 Å². The quantitative estimate of drug-likeness (QED) is 0.641. The molecule has 0 spiro atoms. The van der Waals surface area contributed by atoms with Gasteiger partial charge in [-0.25, -0.2) is 4.39 Å². The summed E-state index contributed by atoms with van der Waals surface area (Å²) in [6, 6.07) is 2.18. The number of alkyl halides is 2. The number of nitrogens with one attached hydrogen (secondary N) is 1. The Morgan fingerprint density at radius 3 is 2.56 bits per heavy atom. The predicted molar refractivity (Wildman–Crippen MR) is 47.7 cm³/mol. The molecule has 0 radical (unpaired) electrons. The zero-order valence-electron chi connectivity index (χ0n) is 7.62. The Hall–Kier alpha value is -2.12. The molecule has 16 heavy (non-hydrogen) atoms. The lowest BCUT2D eigenvalue weighted by atomic mass is 10.2. The van der Waals surface area contributed by atoms with Crippen LogP contribution < -0.4 is 5.32 Å². The lowest BCUT2D eigenvalue weighted by Gasteiger charge is -2.04. The van der Waals surface area contributed by atoms with E-state index in [9.17, 15) is 28.1 Å². The van der Waals surface area contributed by atoms with E-state index in [0.717, 1.165) is 12.1 Å². The Labute approximate surface area is 87.0 Å². The maximum Gasteiger partial charge on any atom is 0.315 e. The zero-order valence-corrected chi connectivity index (χ0v) is 7.62. The number of nitro benzene ring substituents is 1. The standard InChI is InChI=1S/C8H5F3N2O3/c9-4-1-2-5(6(3-4)13(15)16)12-8(14)7(10)11/h1-3,7H,(H,12,14). The molecule has 0 aliphatic heterocycles. The van der Waals surface area contributed by atoms with Gasteiger partial charge in [-0.2, -0.15) is 8.78 Å². The molecule has 0 saturated carbocycles. The van der Waals surface area contributed by atoms with Gasteiger partial charge in [-0.3, -0.25) is 14.9 Å². The van der Waals surface area contributed by atoms with Crippen LogP contribution in [0.15, 0.2) is 18.2 Å². The van der Waals surface area contributed by atoms with E-state index in [-0.39, 0.29) is 0 Å². The number of hydrogen-bond donors (Lipinski definition) is 1. The van der Waals surface area contributed by atoms with Gasteiger partial charge in [0.05, 0.1) is 11.0 Å². The van der Waals surface area contributed by atoms with E-state index in [1.807, 2.05) is 0 Å². The number of rotatable bonds is 3. The van der Waals surface area contributed by atoms with Crippen molar-refractivity contribution in [3.05, 3.63) is 34.1 Å². The van der Waals surface area contributed by atoms with Gasteiger partial charge in [-0.1, -0.05) is 0 Å². The third-order valence-corrected chi connectivity index (χ3v) is 1.61. The first-order valence-corrected chi connectivity index (χ1v) is 3.95. The molecule has 0 unspecified atom stereocenters. The van der Waals surface area contributed by atoms with Gasteiger partial charge >= 0.3 is 6.43 Å². The lowest BCUT2D eigenvalue weighted by molar-refractivity contribution is -0.384. The van der Waals surface area contributed by atoms with Crippen molar-refractivity contribution in [1.82, 2.24) is 0 Å². The Kier molecular flexibility index (Phi) is 3.44. The second kappa shape index (κ2) is 4.60. The topological polar surface area (TPSA) is 72.2 Å². The molecule has 8 heteroatoms. The van der Waals surface area contributed by atoms with Crippen molar-refractivity contribution in [3.63, 3.8) is 0 Å². The van der Waals surface area contributed by atoms with Gasteiger partial charge in [0, 0.05) is 0 Å². The monoisotopic (exact) mass is 234 g/mol. The van der Waals surface area contributed by atoms with Gasteiger partial charge in [0.2, 0.25) is 0 Å². The van der Waals surface area contributed by atoms with E-state index in [0.29, 0.717) is 6.07 Å². The van der Waals surface area contributed by atoms with Crippen molar-refractivity contribution in [3.8, 4) is 0 Å². The predicted octanol–water partition coefficient (Wildman–Crippen LogP) is 1.94. The van der Waals surface area contributed by atoms with Crippen LogP contribution in [0.3, 0.4) is 0 Å². The summed E-state index contributed by atoms with van der Waals surface area (Å²) in [5.74, 6) is -2.59. The van der Waals surface area contributed by atoms with Crippen molar-refractivity contribution in [2.24, 2.45) is 0 Å². The van der Waals surface area contributed by atoms with Crippen molar-refractivity contribution >= 4 is 17.3 Å². The fourth-order valence-electron chi connectivity index (χ4n) is 0.949. The summed E-state index contributed by atoms with van der Waals surface area (Å²) >= 11 is 0. The molecule has 1 rings (SSSR count). The molecule has 0 atom stereocenters. The van der Waals surface area contributed by atoms with E-state index in [1.54, 1.807) is 5.32 Å².